The average Bonchev–Trinajstić information content (AvgIpc) is 3.11. The monoisotopic (exact) mass is 321 g/mol. The zero-order valence-corrected chi connectivity index (χ0v) is 13.0. The lowest BCUT2D eigenvalue weighted by atomic mass is 10.1. The van der Waals surface area contributed by atoms with Crippen LogP contribution in [0.5, 0.6) is 0 Å². The highest BCUT2D eigenvalue weighted by Gasteiger charge is 2.45. The van der Waals surface area contributed by atoms with Crippen molar-refractivity contribution in [3.63, 3.8) is 0 Å². The Hall–Kier alpha value is -3.22. The van der Waals surface area contributed by atoms with Crippen LogP contribution >= 0.6 is 0 Å². The first-order chi connectivity index (χ1) is 11.6. The van der Waals surface area contributed by atoms with Gasteiger partial charge in [-0.15, -0.1) is 5.10 Å². The largest absolute Gasteiger partial charge is 0.334 e. The van der Waals surface area contributed by atoms with E-state index in [4.69, 9.17) is 0 Å². The second-order valence-corrected chi connectivity index (χ2v) is 5.69. The van der Waals surface area contributed by atoms with Gasteiger partial charge >= 0.3 is 6.03 Å². The molecule has 24 heavy (non-hydrogen) atoms. The molecule has 0 N–H and O–H groups in total. The highest BCUT2D eigenvalue weighted by Crippen LogP contribution is 2.24. The SMILES string of the molecule is CN1C(=O)N(c2nc3ccccn3n2)C(=O)[C@H]1Cc1ccccc1. The summed E-state index contributed by atoms with van der Waals surface area (Å²) in [5.74, 6) is -0.194. The molecule has 1 aliphatic rings. The summed E-state index contributed by atoms with van der Waals surface area (Å²) in [6, 6.07) is 14.1. The molecular weight excluding hydrogens is 306 g/mol. The molecule has 1 aliphatic heterocycles. The minimum absolute atomic E-state index is 0.110. The van der Waals surface area contributed by atoms with Crippen molar-refractivity contribution in [2.45, 2.75) is 12.5 Å². The topological polar surface area (TPSA) is 70.8 Å². The number of likely N-dealkylation sites (N-methyl/N-ethyl adjacent to an activating group) is 1. The van der Waals surface area contributed by atoms with E-state index < -0.39 is 12.1 Å². The van der Waals surface area contributed by atoms with E-state index >= 15 is 0 Å². The molecule has 1 atom stereocenters. The van der Waals surface area contributed by atoms with Crippen molar-refractivity contribution in [3.05, 3.63) is 60.3 Å². The maximum Gasteiger partial charge on any atom is 0.334 e. The van der Waals surface area contributed by atoms with Crippen LogP contribution in [0.4, 0.5) is 10.7 Å². The van der Waals surface area contributed by atoms with Crippen LogP contribution in [0.1, 0.15) is 5.56 Å². The molecule has 0 aliphatic carbocycles. The van der Waals surface area contributed by atoms with Crippen molar-refractivity contribution in [2.75, 3.05) is 11.9 Å². The number of hydrogen-bond acceptors (Lipinski definition) is 4. The molecule has 0 bridgehead atoms. The van der Waals surface area contributed by atoms with Crippen LogP contribution in [0.25, 0.3) is 5.65 Å². The number of hydrogen-bond donors (Lipinski definition) is 0. The fraction of sp³-hybridized carbons (Fsp3) is 0.176. The molecule has 120 valence electrons. The molecule has 3 amide bonds. The minimum atomic E-state index is -0.550. The van der Waals surface area contributed by atoms with Gasteiger partial charge in [-0.2, -0.15) is 9.88 Å². The number of carbonyl (C=O) groups is 2. The Bertz CT molecular complexity index is 888. The predicted molar refractivity (Wildman–Crippen MR) is 87.6 cm³/mol. The molecule has 1 fully saturated rings. The van der Waals surface area contributed by atoms with Crippen molar-refractivity contribution in [2.24, 2.45) is 0 Å². The Morgan fingerprint density at radius 3 is 2.54 bits per heavy atom. The number of nitrogens with zero attached hydrogens (tertiary/aromatic N) is 5. The Kier molecular flexibility index (Phi) is 3.26. The van der Waals surface area contributed by atoms with Crippen LogP contribution in [0.3, 0.4) is 0 Å². The zero-order chi connectivity index (χ0) is 16.7. The molecule has 7 heteroatoms. The number of urea groups is 1. The molecule has 1 saturated heterocycles. The molecule has 3 aromatic rings. The molecule has 0 radical (unpaired) electrons. The Morgan fingerprint density at radius 2 is 1.79 bits per heavy atom. The lowest BCUT2D eigenvalue weighted by Gasteiger charge is -2.15. The second-order valence-electron chi connectivity index (χ2n) is 5.69. The van der Waals surface area contributed by atoms with Gasteiger partial charge in [-0.05, 0) is 17.7 Å². The van der Waals surface area contributed by atoms with Crippen molar-refractivity contribution in [1.29, 1.82) is 0 Å². The number of imide groups is 1. The standard InChI is InChI=1S/C17H15N5O2/c1-20-13(11-12-7-3-2-4-8-12)15(23)22(17(20)24)16-18-14-9-5-6-10-21(14)19-16/h2-10,13H,11H2,1H3/t13-/m1/s1. The number of benzene rings is 1. The summed E-state index contributed by atoms with van der Waals surface area (Å²) in [4.78, 5) is 32.1. The summed E-state index contributed by atoms with van der Waals surface area (Å²) in [6.07, 6.45) is 2.19. The number of fused-ring (bicyclic) bond motifs is 1. The highest BCUT2D eigenvalue weighted by molar-refractivity contribution is 6.20. The molecule has 0 unspecified atom stereocenters. The van der Waals surface area contributed by atoms with Crippen LogP contribution in [0.2, 0.25) is 0 Å². The van der Waals surface area contributed by atoms with Gasteiger partial charge in [0.05, 0.1) is 0 Å². The molecule has 7 nitrogen and oxygen atoms in total. The van der Waals surface area contributed by atoms with E-state index in [9.17, 15) is 9.59 Å². The van der Waals surface area contributed by atoms with E-state index in [1.165, 1.54) is 4.90 Å². The van der Waals surface area contributed by atoms with Crippen LogP contribution in [0, 0.1) is 0 Å². The Balaban J connectivity index is 1.67. The zero-order valence-electron chi connectivity index (χ0n) is 13.0. The van der Waals surface area contributed by atoms with Gasteiger partial charge in [0.25, 0.3) is 11.9 Å². The Labute approximate surface area is 138 Å². The number of aromatic nitrogens is 3. The number of rotatable bonds is 3. The molecule has 3 heterocycles. The van der Waals surface area contributed by atoms with E-state index in [-0.39, 0.29) is 11.9 Å². The minimum Gasteiger partial charge on any atom is -0.315 e. The van der Waals surface area contributed by atoms with Crippen LogP contribution in [-0.2, 0) is 11.2 Å². The maximum atomic E-state index is 12.8. The summed E-state index contributed by atoms with van der Waals surface area (Å²) in [5, 5.41) is 4.23. The lowest BCUT2D eigenvalue weighted by molar-refractivity contribution is -0.119. The maximum absolute atomic E-state index is 12.8. The first-order valence-corrected chi connectivity index (χ1v) is 7.61. The van der Waals surface area contributed by atoms with Gasteiger partial charge in [0.1, 0.15) is 6.04 Å². The molecule has 0 spiro atoms. The van der Waals surface area contributed by atoms with Crippen LogP contribution in [0.15, 0.2) is 54.7 Å². The van der Waals surface area contributed by atoms with E-state index in [0.717, 1.165) is 10.5 Å². The summed E-state index contributed by atoms with van der Waals surface area (Å²) < 4.78 is 1.54. The van der Waals surface area contributed by atoms with Crippen molar-refractivity contribution >= 4 is 23.5 Å². The first kappa shape index (κ1) is 14.4. The first-order valence-electron chi connectivity index (χ1n) is 7.61. The average molecular weight is 321 g/mol. The molecular formula is C17H15N5O2. The van der Waals surface area contributed by atoms with Crippen molar-refractivity contribution in [1.82, 2.24) is 19.5 Å². The second kappa shape index (κ2) is 5.45. The van der Waals surface area contributed by atoms with Crippen LogP contribution < -0.4 is 4.90 Å². The van der Waals surface area contributed by atoms with Crippen molar-refractivity contribution < 1.29 is 9.59 Å². The third-order valence-electron chi connectivity index (χ3n) is 4.17. The van der Waals surface area contributed by atoms with Gasteiger partial charge in [0, 0.05) is 19.7 Å². The number of carbonyl (C=O) groups excluding carboxylic acids is 2. The fourth-order valence-electron chi connectivity index (χ4n) is 2.86. The highest BCUT2D eigenvalue weighted by atomic mass is 16.2. The number of anilines is 1. The van der Waals surface area contributed by atoms with E-state index in [2.05, 4.69) is 10.1 Å². The summed E-state index contributed by atoms with van der Waals surface area (Å²) in [7, 11) is 1.63. The van der Waals surface area contributed by atoms with Gasteiger partial charge in [-0.3, -0.25) is 4.79 Å². The molecule has 1 aromatic carbocycles. The van der Waals surface area contributed by atoms with E-state index in [0.29, 0.717) is 12.1 Å². The smallest absolute Gasteiger partial charge is 0.315 e. The predicted octanol–water partition coefficient (Wildman–Crippen LogP) is 1.74. The fourth-order valence-corrected chi connectivity index (χ4v) is 2.86. The number of pyridine rings is 1. The van der Waals surface area contributed by atoms with E-state index in [1.807, 2.05) is 42.5 Å². The normalized spacial score (nSPS) is 18.0. The summed E-state index contributed by atoms with van der Waals surface area (Å²) in [5.41, 5.74) is 1.59. The van der Waals surface area contributed by atoms with Gasteiger partial charge in [0.15, 0.2) is 5.65 Å². The summed E-state index contributed by atoms with van der Waals surface area (Å²) in [6.45, 7) is 0. The third-order valence-corrected chi connectivity index (χ3v) is 4.17. The summed E-state index contributed by atoms with van der Waals surface area (Å²) >= 11 is 0. The molecule has 4 rings (SSSR count). The van der Waals surface area contributed by atoms with Gasteiger partial charge in [0.2, 0.25) is 0 Å². The van der Waals surface area contributed by atoms with Gasteiger partial charge in [-0.25, -0.2) is 9.31 Å². The quantitative estimate of drug-likeness (QED) is 0.689. The molecule has 2 aromatic heterocycles. The number of amides is 3. The molecule has 0 saturated carbocycles. The van der Waals surface area contributed by atoms with Gasteiger partial charge in [-0.1, -0.05) is 36.4 Å². The van der Waals surface area contributed by atoms with Crippen LogP contribution in [-0.4, -0.2) is 44.5 Å². The Morgan fingerprint density at radius 1 is 1.04 bits per heavy atom. The van der Waals surface area contributed by atoms with Crippen molar-refractivity contribution in [3.8, 4) is 0 Å². The van der Waals surface area contributed by atoms with E-state index in [1.54, 1.807) is 23.8 Å². The lowest BCUT2D eigenvalue weighted by Crippen LogP contribution is -2.33. The third kappa shape index (κ3) is 2.21. The van der Waals surface area contributed by atoms with Gasteiger partial charge < -0.3 is 4.90 Å².